The number of benzene rings is 1. The molecule has 9 heteroatoms. The maximum Gasteiger partial charge on any atom is 0.305 e. The molecule has 9 nitrogen and oxygen atoms in total. The number of carbonyl (C=O) groups excluding carboxylic acids is 2. The van der Waals surface area contributed by atoms with Gasteiger partial charge in [0, 0.05) is 35.7 Å². The van der Waals surface area contributed by atoms with Gasteiger partial charge in [0.25, 0.3) is 0 Å². The van der Waals surface area contributed by atoms with Crippen molar-refractivity contribution in [3.8, 4) is 0 Å². The molecule has 2 heterocycles. The number of amides is 2. The third-order valence-corrected chi connectivity index (χ3v) is 5.13. The standard InChI is InChI=1S/C21H24N4O5/c22-20(23)13-3-5-16(6-4-13)25-8-1-2-14(21(25)29)10-18(26)24-17(11-19(27)28)15-7-9-30-12-15/h3-7,9,12,14,17H,1-2,8,10-11H2,(H3,22,23)(H,24,26)(H,27,28). The molecule has 2 unspecified atom stereocenters. The van der Waals surface area contributed by atoms with Crippen LogP contribution in [0.2, 0.25) is 0 Å². The summed E-state index contributed by atoms with van der Waals surface area (Å²) in [6.45, 7) is 0.549. The summed E-state index contributed by atoms with van der Waals surface area (Å²) >= 11 is 0. The average Bonchev–Trinajstić information content (AvgIpc) is 3.24. The molecule has 158 valence electrons. The van der Waals surface area contributed by atoms with E-state index in [4.69, 9.17) is 20.7 Å². The Morgan fingerprint density at radius 2 is 2.03 bits per heavy atom. The number of anilines is 1. The summed E-state index contributed by atoms with van der Waals surface area (Å²) in [4.78, 5) is 38.3. The Bertz CT molecular complexity index is 923. The second-order valence-electron chi connectivity index (χ2n) is 7.27. The van der Waals surface area contributed by atoms with Crippen molar-refractivity contribution in [3.05, 3.63) is 54.0 Å². The van der Waals surface area contributed by atoms with Crippen LogP contribution < -0.4 is 16.0 Å². The van der Waals surface area contributed by atoms with E-state index in [0.29, 0.717) is 29.8 Å². The third-order valence-electron chi connectivity index (χ3n) is 5.13. The maximum absolute atomic E-state index is 12.9. The summed E-state index contributed by atoms with van der Waals surface area (Å²) in [6, 6.07) is 7.72. The van der Waals surface area contributed by atoms with E-state index >= 15 is 0 Å². The van der Waals surface area contributed by atoms with Gasteiger partial charge in [-0.2, -0.15) is 0 Å². The number of amidine groups is 1. The largest absolute Gasteiger partial charge is 0.481 e. The first kappa shape index (κ1) is 21.1. The Kier molecular flexibility index (Phi) is 6.51. The minimum absolute atomic E-state index is 0.0190. The van der Waals surface area contributed by atoms with E-state index < -0.39 is 17.9 Å². The number of nitrogens with one attached hydrogen (secondary N) is 2. The fraction of sp³-hybridized carbons (Fsp3) is 0.333. The fourth-order valence-electron chi connectivity index (χ4n) is 3.59. The number of furan rings is 1. The predicted molar refractivity (Wildman–Crippen MR) is 109 cm³/mol. The van der Waals surface area contributed by atoms with Gasteiger partial charge in [0.05, 0.1) is 25.0 Å². The molecule has 5 N–H and O–H groups in total. The summed E-state index contributed by atoms with van der Waals surface area (Å²) in [5, 5.41) is 19.3. The number of aliphatic carboxylic acids is 1. The van der Waals surface area contributed by atoms with Crippen molar-refractivity contribution in [3.63, 3.8) is 0 Å². The van der Waals surface area contributed by atoms with Crippen LogP contribution in [0.15, 0.2) is 47.3 Å². The molecule has 1 aliphatic rings. The van der Waals surface area contributed by atoms with Crippen molar-refractivity contribution >= 4 is 29.3 Å². The lowest BCUT2D eigenvalue weighted by Gasteiger charge is -2.32. The third kappa shape index (κ3) is 5.05. The Morgan fingerprint density at radius 3 is 2.63 bits per heavy atom. The first-order valence-electron chi connectivity index (χ1n) is 9.64. The summed E-state index contributed by atoms with van der Waals surface area (Å²) in [5.41, 5.74) is 7.29. The minimum atomic E-state index is -1.05. The van der Waals surface area contributed by atoms with Crippen LogP contribution in [0.1, 0.15) is 42.9 Å². The highest BCUT2D eigenvalue weighted by Gasteiger charge is 2.32. The Labute approximate surface area is 173 Å². The van der Waals surface area contributed by atoms with Crippen molar-refractivity contribution in [1.82, 2.24) is 5.32 Å². The average molecular weight is 412 g/mol. The highest BCUT2D eigenvalue weighted by atomic mass is 16.4. The van der Waals surface area contributed by atoms with Gasteiger partial charge in [0.2, 0.25) is 11.8 Å². The van der Waals surface area contributed by atoms with Gasteiger partial charge in [-0.25, -0.2) is 0 Å². The molecule has 1 saturated heterocycles. The van der Waals surface area contributed by atoms with E-state index in [0.717, 1.165) is 6.42 Å². The molecule has 1 aliphatic heterocycles. The molecule has 2 amide bonds. The number of hydrogen-bond donors (Lipinski definition) is 4. The van der Waals surface area contributed by atoms with Crippen molar-refractivity contribution < 1.29 is 23.9 Å². The number of carbonyl (C=O) groups is 3. The molecule has 0 spiro atoms. The predicted octanol–water partition coefficient (Wildman–Crippen LogP) is 2.03. The van der Waals surface area contributed by atoms with Crippen LogP contribution in [0.25, 0.3) is 0 Å². The molecule has 2 atom stereocenters. The number of piperidine rings is 1. The second-order valence-corrected chi connectivity index (χ2v) is 7.27. The fourth-order valence-corrected chi connectivity index (χ4v) is 3.59. The van der Waals surface area contributed by atoms with Gasteiger partial charge in [-0.15, -0.1) is 0 Å². The van der Waals surface area contributed by atoms with Crippen LogP contribution in [0.5, 0.6) is 0 Å². The van der Waals surface area contributed by atoms with E-state index in [9.17, 15) is 14.4 Å². The topological polar surface area (TPSA) is 150 Å². The number of nitrogens with two attached hydrogens (primary N) is 1. The quantitative estimate of drug-likeness (QED) is 0.385. The first-order chi connectivity index (χ1) is 14.3. The van der Waals surface area contributed by atoms with E-state index in [1.807, 2.05) is 0 Å². The molecule has 30 heavy (non-hydrogen) atoms. The van der Waals surface area contributed by atoms with Gasteiger partial charge in [-0.05, 0) is 43.2 Å². The molecule has 3 rings (SSSR count). The number of rotatable bonds is 8. The van der Waals surface area contributed by atoms with Gasteiger partial charge in [-0.1, -0.05) is 0 Å². The van der Waals surface area contributed by atoms with E-state index in [1.165, 1.54) is 12.5 Å². The molecule has 0 radical (unpaired) electrons. The minimum Gasteiger partial charge on any atom is -0.481 e. The van der Waals surface area contributed by atoms with Crippen molar-refractivity contribution in [2.24, 2.45) is 11.7 Å². The smallest absolute Gasteiger partial charge is 0.305 e. The zero-order valence-corrected chi connectivity index (χ0v) is 16.3. The molecule has 0 aliphatic carbocycles. The molecule has 1 aromatic carbocycles. The molecular formula is C21H24N4O5. The molecule has 0 saturated carbocycles. The van der Waals surface area contributed by atoms with Crippen LogP contribution in [0.3, 0.4) is 0 Å². The van der Waals surface area contributed by atoms with Crippen LogP contribution in [0, 0.1) is 11.3 Å². The molecule has 1 fully saturated rings. The lowest BCUT2D eigenvalue weighted by atomic mass is 9.92. The van der Waals surface area contributed by atoms with Crippen molar-refractivity contribution in [2.45, 2.75) is 31.7 Å². The summed E-state index contributed by atoms with van der Waals surface area (Å²) < 4.78 is 4.99. The normalized spacial score (nSPS) is 17.4. The van der Waals surface area contributed by atoms with E-state index in [2.05, 4.69) is 5.32 Å². The molecular weight excluding hydrogens is 388 g/mol. The molecule has 1 aromatic heterocycles. The lowest BCUT2D eigenvalue weighted by Crippen LogP contribution is -2.43. The Morgan fingerprint density at radius 1 is 1.30 bits per heavy atom. The Balaban J connectivity index is 1.65. The number of carboxylic acids is 1. The zero-order chi connectivity index (χ0) is 21.7. The number of hydrogen-bond acceptors (Lipinski definition) is 5. The van der Waals surface area contributed by atoms with Crippen LogP contribution in [-0.4, -0.2) is 35.3 Å². The Hall–Kier alpha value is -3.62. The highest BCUT2D eigenvalue weighted by Crippen LogP contribution is 2.27. The first-order valence-corrected chi connectivity index (χ1v) is 9.64. The number of nitrogen functional groups attached to an aromatic ring is 1. The van der Waals surface area contributed by atoms with Gasteiger partial charge < -0.3 is 25.5 Å². The highest BCUT2D eigenvalue weighted by molar-refractivity contribution is 5.99. The van der Waals surface area contributed by atoms with E-state index in [-0.39, 0.29) is 30.5 Å². The summed E-state index contributed by atoms with van der Waals surface area (Å²) in [5.74, 6) is -2.11. The van der Waals surface area contributed by atoms with Gasteiger partial charge >= 0.3 is 5.97 Å². The van der Waals surface area contributed by atoms with Gasteiger partial charge in [0.1, 0.15) is 5.84 Å². The monoisotopic (exact) mass is 412 g/mol. The summed E-state index contributed by atoms with van der Waals surface area (Å²) in [6.07, 6.45) is 3.84. The van der Waals surface area contributed by atoms with Gasteiger partial charge in [-0.3, -0.25) is 19.8 Å². The lowest BCUT2D eigenvalue weighted by molar-refractivity contribution is -0.138. The van der Waals surface area contributed by atoms with E-state index in [1.54, 1.807) is 35.2 Å². The van der Waals surface area contributed by atoms with Crippen LogP contribution in [-0.2, 0) is 14.4 Å². The van der Waals surface area contributed by atoms with Gasteiger partial charge in [0.15, 0.2) is 0 Å². The van der Waals surface area contributed by atoms with Crippen LogP contribution in [0.4, 0.5) is 5.69 Å². The second kappa shape index (κ2) is 9.25. The van der Waals surface area contributed by atoms with Crippen molar-refractivity contribution in [1.29, 1.82) is 5.41 Å². The van der Waals surface area contributed by atoms with Crippen LogP contribution >= 0.6 is 0 Å². The number of carboxylic acid groups (broad SMARTS) is 1. The molecule has 0 bridgehead atoms. The maximum atomic E-state index is 12.9. The number of nitrogens with zero attached hydrogens (tertiary/aromatic N) is 1. The SMILES string of the molecule is N=C(N)c1ccc(N2CCCC(CC(=O)NC(CC(=O)O)c3ccoc3)C2=O)cc1. The van der Waals surface area contributed by atoms with Crippen molar-refractivity contribution in [2.75, 3.05) is 11.4 Å². The zero-order valence-electron chi connectivity index (χ0n) is 16.3. The summed E-state index contributed by atoms with van der Waals surface area (Å²) in [7, 11) is 0. The molecule has 2 aromatic rings.